The lowest BCUT2D eigenvalue weighted by atomic mass is 9.99. The summed E-state index contributed by atoms with van der Waals surface area (Å²) in [6, 6.07) is 3.44. The van der Waals surface area contributed by atoms with E-state index in [4.69, 9.17) is 9.47 Å². The van der Waals surface area contributed by atoms with Crippen molar-refractivity contribution in [2.75, 3.05) is 34.9 Å². The third-order valence-electron chi connectivity index (χ3n) is 4.15. The van der Waals surface area contributed by atoms with E-state index in [2.05, 4.69) is 18.8 Å². The fourth-order valence-corrected chi connectivity index (χ4v) is 2.70. The molecule has 1 aromatic heterocycles. The Morgan fingerprint density at radius 2 is 1.81 bits per heavy atom. The quantitative estimate of drug-likeness (QED) is 0.353. The molecule has 0 aliphatic rings. The van der Waals surface area contributed by atoms with Gasteiger partial charge >= 0.3 is 12.1 Å². The number of carbonyl (C=O) groups excluding carboxylic acids is 2. The summed E-state index contributed by atoms with van der Waals surface area (Å²) in [5, 5.41) is 0. The smallest absolute Gasteiger partial charge is 0.414 e. The Bertz CT molecular complexity index is 611. The second kappa shape index (κ2) is 10.9. The zero-order chi connectivity index (χ0) is 20.4. The Labute approximate surface area is 162 Å². The molecule has 7 heteroatoms. The maximum atomic E-state index is 12.4. The molecular formula is C20H34N3O4+. The van der Waals surface area contributed by atoms with Crippen molar-refractivity contribution in [3.8, 4) is 5.75 Å². The van der Waals surface area contributed by atoms with Gasteiger partial charge in [-0.15, -0.1) is 0 Å². The summed E-state index contributed by atoms with van der Waals surface area (Å²) in [7, 11) is 7.16. The summed E-state index contributed by atoms with van der Waals surface area (Å²) in [5.74, 6) is 0.250. The largest absolute Gasteiger partial charge is 0.415 e. The second-order valence-corrected chi connectivity index (χ2v) is 7.67. The number of amides is 1. The fraction of sp³-hybridized carbons (Fsp3) is 0.650. The van der Waals surface area contributed by atoms with Gasteiger partial charge < -0.3 is 14.4 Å². The van der Waals surface area contributed by atoms with Crippen LogP contribution in [0.3, 0.4) is 0 Å². The Hall–Kier alpha value is -2.15. The standard InChI is InChI=1S/C20H34N3O4/c1-7-10-16(11-8-2)19(24)26-15-23(5,6)14-17-18(12-9-13-21-17)27-20(25)22(3)4/h9,12-13,16H,7-8,10-11,14-15H2,1-6H3/q+1. The van der Waals surface area contributed by atoms with Crippen LogP contribution >= 0.6 is 0 Å². The first-order valence-electron chi connectivity index (χ1n) is 9.51. The minimum atomic E-state index is -0.456. The number of carbonyl (C=O) groups is 2. The molecule has 0 fully saturated rings. The molecule has 1 amide bonds. The monoisotopic (exact) mass is 380 g/mol. The molecule has 0 radical (unpaired) electrons. The van der Waals surface area contributed by atoms with E-state index in [1.807, 2.05) is 14.1 Å². The van der Waals surface area contributed by atoms with Crippen LogP contribution in [0.25, 0.3) is 0 Å². The van der Waals surface area contributed by atoms with Gasteiger partial charge in [0, 0.05) is 20.3 Å². The van der Waals surface area contributed by atoms with Crippen molar-refractivity contribution >= 4 is 12.1 Å². The first-order chi connectivity index (χ1) is 12.7. The van der Waals surface area contributed by atoms with Gasteiger partial charge in [0.25, 0.3) is 0 Å². The number of hydrogen-bond donors (Lipinski definition) is 0. The highest BCUT2D eigenvalue weighted by atomic mass is 16.6. The molecule has 0 aliphatic carbocycles. The van der Waals surface area contributed by atoms with Gasteiger partial charge in [-0.3, -0.25) is 14.3 Å². The zero-order valence-corrected chi connectivity index (χ0v) is 17.5. The highest BCUT2D eigenvalue weighted by Crippen LogP contribution is 2.21. The van der Waals surface area contributed by atoms with Crippen LogP contribution < -0.4 is 4.74 Å². The van der Waals surface area contributed by atoms with Gasteiger partial charge in [0.1, 0.15) is 12.2 Å². The number of nitrogens with zero attached hydrogens (tertiary/aromatic N) is 3. The van der Waals surface area contributed by atoms with Crippen molar-refractivity contribution < 1.29 is 23.5 Å². The normalized spacial score (nSPS) is 11.4. The van der Waals surface area contributed by atoms with Crippen molar-refractivity contribution in [2.24, 2.45) is 5.92 Å². The summed E-state index contributed by atoms with van der Waals surface area (Å²) in [6.45, 7) is 4.86. The molecule has 27 heavy (non-hydrogen) atoms. The van der Waals surface area contributed by atoms with Crippen molar-refractivity contribution in [2.45, 2.75) is 46.1 Å². The number of ether oxygens (including phenoxy) is 2. The summed E-state index contributed by atoms with van der Waals surface area (Å²) in [4.78, 5) is 29.9. The lowest BCUT2D eigenvalue weighted by Crippen LogP contribution is -2.42. The van der Waals surface area contributed by atoms with Crippen molar-refractivity contribution in [1.29, 1.82) is 0 Å². The van der Waals surface area contributed by atoms with E-state index in [0.717, 1.165) is 25.7 Å². The fourth-order valence-electron chi connectivity index (χ4n) is 2.70. The molecule has 0 atom stereocenters. The molecule has 7 nitrogen and oxygen atoms in total. The van der Waals surface area contributed by atoms with Crippen molar-refractivity contribution in [3.63, 3.8) is 0 Å². The lowest BCUT2D eigenvalue weighted by molar-refractivity contribution is -0.920. The van der Waals surface area contributed by atoms with Crippen LogP contribution in [0.15, 0.2) is 18.3 Å². The van der Waals surface area contributed by atoms with Crippen LogP contribution in [0, 0.1) is 5.92 Å². The first-order valence-corrected chi connectivity index (χ1v) is 9.51. The molecule has 1 rings (SSSR count). The maximum Gasteiger partial charge on any atom is 0.414 e. The molecule has 1 heterocycles. The van der Waals surface area contributed by atoms with Gasteiger partial charge in [-0.25, -0.2) is 4.79 Å². The van der Waals surface area contributed by atoms with Gasteiger partial charge in [-0.05, 0) is 25.0 Å². The highest BCUT2D eigenvalue weighted by Gasteiger charge is 2.25. The Kier molecular flexibility index (Phi) is 9.21. The van der Waals surface area contributed by atoms with Crippen molar-refractivity contribution in [3.05, 3.63) is 24.0 Å². The van der Waals surface area contributed by atoms with E-state index < -0.39 is 6.09 Å². The van der Waals surface area contributed by atoms with Gasteiger partial charge in [-0.1, -0.05) is 26.7 Å². The lowest BCUT2D eigenvalue weighted by Gasteiger charge is -2.29. The molecule has 0 saturated heterocycles. The number of esters is 1. The molecule has 0 bridgehead atoms. The van der Waals surface area contributed by atoms with E-state index in [-0.39, 0.29) is 18.6 Å². The van der Waals surface area contributed by atoms with Crippen LogP contribution in [0.2, 0.25) is 0 Å². The maximum absolute atomic E-state index is 12.4. The van der Waals surface area contributed by atoms with E-state index in [1.54, 1.807) is 32.4 Å². The van der Waals surface area contributed by atoms with E-state index >= 15 is 0 Å². The van der Waals surface area contributed by atoms with Crippen LogP contribution in [-0.2, 0) is 16.1 Å². The average Bonchev–Trinajstić information content (AvgIpc) is 2.61. The molecule has 0 aromatic carbocycles. The van der Waals surface area contributed by atoms with Gasteiger partial charge in [0.05, 0.1) is 20.0 Å². The van der Waals surface area contributed by atoms with Crippen LogP contribution in [0.1, 0.15) is 45.2 Å². The van der Waals surface area contributed by atoms with Gasteiger partial charge in [-0.2, -0.15) is 0 Å². The highest BCUT2D eigenvalue weighted by molar-refractivity contribution is 5.72. The summed E-state index contributed by atoms with van der Waals surface area (Å²) in [5.41, 5.74) is 0.646. The number of pyridine rings is 1. The number of hydrogen-bond acceptors (Lipinski definition) is 5. The Balaban J connectivity index is 2.74. The predicted octanol–water partition coefficient (Wildman–Crippen LogP) is 3.44. The van der Waals surface area contributed by atoms with E-state index in [1.165, 1.54) is 4.90 Å². The van der Waals surface area contributed by atoms with Crippen LogP contribution in [0.4, 0.5) is 4.79 Å². The average molecular weight is 381 g/mol. The van der Waals surface area contributed by atoms with Gasteiger partial charge in [0.15, 0.2) is 5.75 Å². The Morgan fingerprint density at radius 1 is 1.19 bits per heavy atom. The number of aromatic nitrogens is 1. The SMILES string of the molecule is CCCC(CCC)C(=O)OC[N+](C)(C)Cc1ncccc1OC(=O)N(C)C. The van der Waals surface area contributed by atoms with E-state index in [9.17, 15) is 9.59 Å². The molecule has 1 aromatic rings. The second-order valence-electron chi connectivity index (χ2n) is 7.67. The minimum Gasteiger partial charge on any atom is -0.415 e. The topological polar surface area (TPSA) is 68.7 Å². The number of rotatable bonds is 10. The third-order valence-corrected chi connectivity index (χ3v) is 4.15. The number of quaternary nitrogens is 1. The summed E-state index contributed by atoms with van der Waals surface area (Å²) in [6.07, 6.45) is 4.84. The Morgan fingerprint density at radius 3 is 2.37 bits per heavy atom. The van der Waals surface area contributed by atoms with Gasteiger partial charge in [0.2, 0.25) is 6.73 Å². The molecule has 0 spiro atoms. The van der Waals surface area contributed by atoms with Crippen LogP contribution in [-0.4, -0.2) is 61.4 Å². The third kappa shape index (κ3) is 7.95. The first kappa shape index (κ1) is 22.9. The molecule has 0 aliphatic heterocycles. The van der Waals surface area contributed by atoms with E-state index in [0.29, 0.717) is 22.5 Å². The molecule has 0 N–H and O–H groups in total. The van der Waals surface area contributed by atoms with Crippen LogP contribution in [0.5, 0.6) is 5.75 Å². The molecule has 152 valence electrons. The molecular weight excluding hydrogens is 346 g/mol. The molecule has 0 unspecified atom stereocenters. The minimum absolute atomic E-state index is 0.0357. The summed E-state index contributed by atoms with van der Waals surface area (Å²) >= 11 is 0. The summed E-state index contributed by atoms with van der Waals surface area (Å²) < 4.78 is 11.4. The molecule has 0 saturated carbocycles. The predicted molar refractivity (Wildman–Crippen MR) is 104 cm³/mol. The zero-order valence-electron chi connectivity index (χ0n) is 17.5. The van der Waals surface area contributed by atoms with Crippen molar-refractivity contribution in [1.82, 2.24) is 9.88 Å².